The van der Waals surface area contributed by atoms with Crippen molar-refractivity contribution in [2.45, 2.75) is 13.5 Å². The van der Waals surface area contributed by atoms with Gasteiger partial charge >= 0.3 is 0 Å². The SMILES string of the molecule is CCN1C(=O)S/C(=C/c2ccc(OCc3ccccc3)c(I)c2)C1=O. The van der Waals surface area contributed by atoms with Gasteiger partial charge < -0.3 is 4.74 Å². The van der Waals surface area contributed by atoms with Crippen LogP contribution in [0.2, 0.25) is 0 Å². The highest BCUT2D eigenvalue weighted by atomic mass is 127. The van der Waals surface area contributed by atoms with Crippen LogP contribution in [0.15, 0.2) is 53.4 Å². The van der Waals surface area contributed by atoms with Gasteiger partial charge in [-0.2, -0.15) is 0 Å². The van der Waals surface area contributed by atoms with E-state index in [4.69, 9.17) is 4.74 Å². The summed E-state index contributed by atoms with van der Waals surface area (Å²) in [5, 5.41) is -0.212. The molecule has 1 fully saturated rings. The van der Waals surface area contributed by atoms with Crippen molar-refractivity contribution < 1.29 is 14.3 Å². The lowest BCUT2D eigenvalue weighted by Gasteiger charge is -2.09. The average molecular weight is 465 g/mol. The van der Waals surface area contributed by atoms with Gasteiger partial charge in [-0.05, 0) is 70.6 Å². The zero-order chi connectivity index (χ0) is 17.8. The lowest BCUT2D eigenvalue weighted by atomic mass is 10.2. The minimum atomic E-state index is -0.225. The van der Waals surface area contributed by atoms with E-state index in [2.05, 4.69) is 22.6 Å². The Balaban J connectivity index is 1.73. The van der Waals surface area contributed by atoms with Gasteiger partial charge in [0.05, 0.1) is 8.48 Å². The predicted octanol–water partition coefficient (Wildman–Crippen LogP) is 4.93. The van der Waals surface area contributed by atoms with E-state index in [9.17, 15) is 9.59 Å². The van der Waals surface area contributed by atoms with Crippen LogP contribution in [0.1, 0.15) is 18.1 Å². The Morgan fingerprint density at radius 2 is 1.92 bits per heavy atom. The first-order valence-corrected chi connectivity index (χ1v) is 9.69. The maximum absolute atomic E-state index is 12.2. The summed E-state index contributed by atoms with van der Waals surface area (Å²) in [6, 6.07) is 15.7. The summed E-state index contributed by atoms with van der Waals surface area (Å²) in [5.74, 6) is 0.570. The Morgan fingerprint density at radius 1 is 1.16 bits per heavy atom. The van der Waals surface area contributed by atoms with Crippen LogP contribution < -0.4 is 4.74 Å². The van der Waals surface area contributed by atoms with E-state index in [0.29, 0.717) is 18.1 Å². The molecule has 1 saturated heterocycles. The molecule has 2 aromatic carbocycles. The van der Waals surface area contributed by atoms with Crippen molar-refractivity contribution in [2.24, 2.45) is 0 Å². The molecule has 0 atom stereocenters. The van der Waals surface area contributed by atoms with Crippen molar-refractivity contribution in [1.82, 2.24) is 4.90 Å². The maximum Gasteiger partial charge on any atom is 0.293 e. The van der Waals surface area contributed by atoms with Crippen LogP contribution >= 0.6 is 34.4 Å². The van der Waals surface area contributed by atoms with E-state index in [0.717, 1.165) is 32.2 Å². The molecule has 0 bridgehead atoms. The molecule has 0 unspecified atom stereocenters. The van der Waals surface area contributed by atoms with Crippen LogP contribution in [-0.4, -0.2) is 22.6 Å². The topological polar surface area (TPSA) is 46.6 Å². The fourth-order valence-corrected chi connectivity index (χ4v) is 3.98. The third-order valence-electron chi connectivity index (χ3n) is 3.68. The van der Waals surface area contributed by atoms with Gasteiger partial charge in [0.2, 0.25) is 0 Å². The van der Waals surface area contributed by atoms with Gasteiger partial charge in [0.25, 0.3) is 11.1 Å². The highest BCUT2D eigenvalue weighted by Gasteiger charge is 2.33. The molecule has 3 rings (SSSR count). The summed E-state index contributed by atoms with van der Waals surface area (Å²) >= 11 is 3.20. The summed E-state index contributed by atoms with van der Waals surface area (Å²) in [4.78, 5) is 25.6. The number of thioether (sulfide) groups is 1. The second-order valence-electron chi connectivity index (χ2n) is 5.39. The molecule has 0 saturated carbocycles. The lowest BCUT2D eigenvalue weighted by molar-refractivity contribution is -0.122. The largest absolute Gasteiger partial charge is 0.488 e. The third-order valence-corrected chi connectivity index (χ3v) is 5.43. The standard InChI is InChI=1S/C19H16INO3S/c1-2-21-18(22)17(25-19(21)23)11-14-8-9-16(15(20)10-14)24-12-13-6-4-3-5-7-13/h3-11H,2,12H2,1H3/b17-11+. The first kappa shape index (κ1) is 18.0. The van der Waals surface area contributed by atoms with Gasteiger partial charge in [-0.25, -0.2) is 0 Å². The van der Waals surface area contributed by atoms with Gasteiger partial charge in [-0.1, -0.05) is 36.4 Å². The number of ether oxygens (including phenoxy) is 1. The Bertz CT molecular complexity index is 836. The molecule has 2 amide bonds. The molecule has 1 heterocycles. The van der Waals surface area contributed by atoms with Crippen LogP contribution in [0.3, 0.4) is 0 Å². The van der Waals surface area contributed by atoms with E-state index in [1.165, 1.54) is 4.90 Å². The molecule has 1 aliphatic rings. The molecule has 0 N–H and O–H groups in total. The number of amides is 2. The van der Waals surface area contributed by atoms with Gasteiger partial charge in [-0.3, -0.25) is 14.5 Å². The van der Waals surface area contributed by atoms with Gasteiger partial charge in [0.15, 0.2) is 0 Å². The fraction of sp³-hybridized carbons (Fsp3) is 0.158. The molecular formula is C19H16INO3S. The number of nitrogens with zero attached hydrogens (tertiary/aromatic N) is 1. The van der Waals surface area contributed by atoms with Crippen LogP contribution in [-0.2, 0) is 11.4 Å². The zero-order valence-corrected chi connectivity index (χ0v) is 16.5. The van der Waals surface area contributed by atoms with Crippen LogP contribution in [0.5, 0.6) is 5.75 Å². The van der Waals surface area contributed by atoms with E-state index >= 15 is 0 Å². The number of benzene rings is 2. The minimum absolute atomic E-state index is 0.212. The molecule has 1 aliphatic heterocycles. The summed E-state index contributed by atoms with van der Waals surface area (Å²) in [7, 11) is 0. The minimum Gasteiger partial charge on any atom is -0.488 e. The molecule has 25 heavy (non-hydrogen) atoms. The van der Waals surface area contributed by atoms with Crippen molar-refractivity contribution in [1.29, 1.82) is 0 Å². The summed E-state index contributed by atoms with van der Waals surface area (Å²) < 4.78 is 6.81. The molecule has 128 valence electrons. The Hall–Kier alpha value is -1.80. The molecule has 0 aromatic heterocycles. The average Bonchev–Trinajstić information content (AvgIpc) is 2.88. The monoisotopic (exact) mass is 465 g/mol. The number of carbonyl (C=O) groups excluding carboxylic acids is 2. The summed E-state index contributed by atoms with van der Waals surface area (Å²) in [5.41, 5.74) is 1.98. The molecule has 4 nitrogen and oxygen atoms in total. The summed E-state index contributed by atoms with van der Waals surface area (Å²) in [6.45, 7) is 2.69. The smallest absolute Gasteiger partial charge is 0.293 e. The Morgan fingerprint density at radius 3 is 2.56 bits per heavy atom. The number of imide groups is 1. The molecule has 0 radical (unpaired) electrons. The van der Waals surface area contributed by atoms with Crippen molar-refractivity contribution in [3.63, 3.8) is 0 Å². The highest BCUT2D eigenvalue weighted by molar-refractivity contribution is 14.1. The Labute approximate surface area is 164 Å². The van der Waals surface area contributed by atoms with Crippen LogP contribution in [0.25, 0.3) is 6.08 Å². The molecule has 0 aliphatic carbocycles. The van der Waals surface area contributed by atoms with Crippen molar-refractivity contribution in [3.05, 3.63) is 68.1 Å². The molecule has 0 spiro atoms. The first-order valence-electron chi connectivity index (χ1n) is 7.80. The zero-order valence-electron chi connectivity index (χ0n) is 13.6. The number of hydrogen-bond acceptors (Lipinski definition) is 4. The number of hydrogen-bond donors (Lipinski definition) is 0. The van der Waals surface area contributed by atoms with Gasteiger partial charge in [0, 0.05) is 6.54 Å². The van der Waals surface area contributed by atoms with Crippen molar-refractivity contribution >= 4 is 51.6 Å². The van der Waals surface area contributed by atoms with Crippen LogP contribution in [0.4, 0.5) is 4.79 Å². The predicted molar refractivity (Wildman–Crippen MR) is 108 cm³/mol. The number of halogens is 1. The fourth-order valence-electron chi connectivity index (χ4n) is 2.38. The van der Waals surface area contributed by atoms with Gasteiger partial charge in [-0.15, -0.1) is 0 Å². The van der Waals surface area contributed by atoms with E-state index in [1.54, 1.807) is 13.0 Å². The number of likely N-dealkylation sites (N-methyl/N-ethyl adjacent to an activating group) is 1. The number of carbonyl (C=O) groups is 2. The molecule has 6 heteroatoms. The normalized spacial score (nSPS) is 15.9. The second-order valence-corrected chi connectivity index (χ2v) is 7.55. The van der Waals surface area contributed by atoms with E-state index in [1.807, 2.05) is 48.5 Å². The second kappa shape index (κ2) is 8.05. The Kier molecular flexibility index (Phi) is 5.80. The van der Waals surface area contributed by atoms with Gasteiger partial charge in [0.1, 0.15) is 12.4 Å². The van der Waals surface area contributed by atoms with Crippen molar-refractivity contribution in [3.8, 4) is 5.75 Å². The van der Waals surface area contributed by atoms with Crippen LogP contribution in [0, 0.1) is 3.57 Å². The molecular weight excluding hydrogens is 449 g/mol. The third kappa shape index (κ3) is 4.24. The highest BCUT2D eigenvalue weighted by Crippen LogP contribution is 2.33. The molecule has 2 aromatic rings. The van der Waals surface area contributed by atoms with E-state index in [-0.39, 0.29) is 11.1 Å². The van der Waals surface area contributed by atoms with E-state index < -0.39 is 0 Å². The first-order chi connectivity index (χ1) is 12.1. The lowest BCUT2D eigenvalue weighted by Crippen LogP contribution is -2.27. The van der Waals surface area contributed by atoms with Crippen molar-refractivity contribution in [2.75, 3.05) is 6.54 Å². The quantitative estimate of drug-likeness (QED) is 0.465. The maximum atomic E-state index is 12.2. The summed E-state index contributed by atoms with van der Waals surface area (Å²) in [6.07, 6.45) is 1.75. The number of rotatable bonds is 5.